The molecule has 2 unspecified atom stereocenters. The van der Waals surface area contributed by atoms with Gasteiger partial charge in [-0.1, -0.05) is 25.3 Å². The molecule has 0 aliphatic heterocycles. The second-order valence-corrected chi connectivity index (χ2v) is 6.28. The monoisotopic (exact) mass is 307 g/mol. The Hall–Kier alpha value is -1.65. The van der Waals surface area contributed by atoms with E-state index in [4.69, 9.17) is 0 Å². The second-order valence-electron chi connectivity index (χ2n) is 6.28. The SMILES string of the molecule is CN=C(NC1CCCCC1)NC1CC1c1c(F)cccc1F. The van der Waals surface area contributed by atoms with Gasteiger partial charge in [0.1, 0.15) is 11.6 Å². The van der Waals surface area contributed by atoms with Crippen LogP contribution in [0.25, 0.3) is 0 Å². The van der Waals surface area contributed by atoms with Crippen LogP contribution in [0.4, 0.5) is 8.78 Å². The molecule has 0 heterocycles. The van der Waals surface area contributed by atoms with Crippen LogP contribution in [-0.2, 0) is 0 Å². The maximum absolute atomic E-state index is 13.8. The van der Waals surface area contributed by atoms with Crippen molar-refractivity contribution in [2.75, 3.05) is 7.05 Å². The third-order valence-electron chi connectivity index (χ3n) is 4.65. The van der Waals surface area contributed by atoms with E-state index < -0.39 is 11.6 Å². The van der Waals surface area contributed by atoms with E-state index in [0.717, 1.165) is 25.2 Å². The Balaban J connectivity index is 1.57. The molecule has 3 rings (SSSR count). The summed E-state index contributed by atoms with van der Waals surface area (Å²) >= 11 is 0. The van der Waals surface area contributed by atoms with Crippen LogP contribution in [0.15, 0.2) is 23.2 Å². The first-order valence-corrected chi connectivity index (χ1v) is 8.13. The van der Waals surface area contributed by atoms with Crippen LogP contribution >= 0.6 is 0 Å². The van der Waals surface area contributed by atoms with Crippen molar-refractivity contribution in [3.63, 3.8) is 0 Å². The van der Waals surface area contributed by atoms with Gasteiger partial charge in [-0.3, -0.25) is 4.99 Å². The first kappa shape index (κ1) is 15.3. The van der Waals surface area contributed by atoms with Crippen molar-refractivity contribution < 1.29 is 8.78 Å². The van der Waals surface area contributed by atoms with E-state index in [-0.39, 0.29) is 17.5 Å². The largest absolute Gasteiger partial charge is 0.354 e. The molecular weight excluding hydrogens is 284 g/mol. The lowest BCUT2D eigenvalue weighted by Gasteiger charge is -2.25. The molecule has 2 aliphatic rings. The summed E-state index contributed by atoms with van der Waals surface area (Å²) in [4.78, 5) is 4.24. The lowest BCUT2D eigenvalue weighted by atomic mass is 9.96. The summed E-state index contributed by atoms with van der Waals surface area (Å²) in [5, 5.41) is 6.73. The van der Waals surface area contributed by atoms with Gasteiger partial charge in [-0.2, -0.15) is 0 Å². The van der Waals surface area contributed by atoms with Crippen molar-refractivity contribution in [3.8, 4) is 0 Å². The van der Waals surface area contributed by atoms with Crippen LogP contribution in [0.1, 0.15) is 50.0 Å². The topological polar surface area (TPSA) is 36.4 Å². The molecule has 1 aromatic carbocycles. The Morgan fingerprint density at radius 2 is 1.77 bits per heavy atom. The number of aliphatic imine (C=N–C) groups is 1. The van der Waals surface area contributed by atoms with Crippen LogP contribution in [0.2, 0.25) is 0 Å². The van der Waals surface area contributed by atoms with Gasteiger partial charge in [0, 0.05) is 30.6 Å². The Morgan fingerprint density at radius 1 is 1.09 bits per heavy atom. The maximum atomic E-state index is 13.8. The van der Waals surface area contributed by atoms with Crippen molar-refractivity contribution in [1.82, 2.24) is 10.6 Å². The highest BCUT2D eigenvalue weighted by atomic mass is 19.1. The highest BCUT2D eigenvalue weighted by Gasteiger charge is 2.42. The first-order valence-electron chi connectivity index (χ1n) is 8.13. The van der Waals surface area contributed by atoms with E-state index in [9.17, 15) is 8.78 Å². The van der Waals surface area contributed by atoms with E-state index in [2.05, 4.69) is 15.6 Å². The van der Waals surface area contributed by atoms with E-state index >= 15 is 0 Å². The molecule has 2 N–H and O–H groups in total. The van der Waals surface area contributed by atoms with E-state index in [0.29, 0.717) is 6.04 Å². The summed E-state index contributed by atoms with van der Waals surface area (Å²) in [5.41, 5.74) is 0.202. The quantitative estimate of drug-likeness (QED) is 0.664. The molecule has 0 aromatic heterocycles. The van der Waals surface area contributed by atoms with Gasteiger partial charge in [-0.15, -0.1) is 0 Å². The molecule has 1 aromatic rings. The Kier molecular flexibility index (Phi) is 4.60. The highest BCUT2D eigenvalue weighted by Crippen LogP contribution is 2.43. The lowest BCUT2D eigenvalue weighted by molar-refractivity contribution is 0.410. The van der Waals surface area contributed by atoms with E-state index in [1.54, 1.807) is 7.05 Å². The van der Waals surface area contributed by atoms with Crippen molar-refractivity contribution >= 4 is 5.96 Å². The molecule has 5 heteroatoms. The van der Waals surface area contributed by atoms with Gasteiger partial charge in [-0.25, -0.2) is 8.78 Å². The van der Waals surface area contributed by atoms with Gasteiger partial charge in [0.05, 0.1) is 0 Å². The number of nitrogens with one attached hydrogen (secondary N) is 2. The number of halogens is 2. The molecule has 0 spiro atoms. The van der Waals surface area contributed by atoms with E-state index in [1.165, 1.54) is 37.5 Å². The number of guanidine groups is 1. The molecule has 0 amide bonds. The molecule has 120 valence electrons. The second kappa shape index (κ2) is 6.63. The van der Waals surface area contributed by atoms with Gasteiger partial charge >= 0.3 is 0 Å². The summed E-state index contributed by atoms with van der Waals surface area (Å²) < 4.78 is 27.6. The number of benzene rings is 1. The van der Waals surface area contributed by atoms with Gasteiger partial charge in [0.15, 0.2) is 5.96 Å². The lowest BCUT2D eigenvalue weighted by Crippen LogP contribution is -2.45. The zero-order valence-corrected chi connectivity index (χ0v) is 12.9. The van der Waals surface area contributed by atoms with Crippen LogP contribution in [0.5, 0.6) is 0 Å². The van der Waals surface area contributed by atoms with Crippen LogP contribution in [-0.4, -0.2) is 25.1 Å². The van der Waals surface area contributed by atoms with Crippen molar-refractivity contribution in [1.29, 1.82) is 0 Å². The maximum Gasteiger partial charge on any atom is 0.191 e. The third-order valence-corrected chi connectivity index (χ3v) is 4.65. The Morgan fingerprint density at radius 3 is 2.41 bits per heavy atom. The molecule has 0 saturated heterocycles. The van der Waals surface area contributed by atoms with Crippen molar-refractivity contribution in [3.05, 3.63) is 35.4 Å². The normalized spacial score (nSPS) is 25.9. The molecule has 0 bridgehead atoms. The molecular formula is C17H23F2N3. The average Bonchev–Trinajstić information content (AvgIpc) is 3.26. The zero-order chi connectivity index (χ0) is 15.5. The number of hydrogen-bond donors (Lipinski definition) is 2. The van der Waals surface area contributed by atoms with Crippen molar-refractivity contribution in [2.24, 2.45) is 4.99 Å². The number of hydrogen-bond acceptors (Lipinski definition) is 1. The summed E-state index contributed by atoms with van der Waals surface area (Å²) in [6.07, 6.45) is 6.88. The van der Waals surface area contributed by atoms with Crippen molar-refractivity contribution in [2.45, 2.75) is 56.5 Å². The Labute approximate surface area is 130 Å². The smallest absolute Gasteiger partial charge is 0.191 e. The summed E-state index contributed by atoms with van der Waals surface area (Å²) in [7, 11) is 1.74. The molecule has 2 aliphatic carbocycles. The summed E-state index contributed by atoms with van der Waals surface area (Å²) in [6, 6.07) is 4.57. The minimum Gasteiger partial charge on any atom is -0.354 e. The fraction of sp³-hybridized carbons (Fsp3) is 0.588. The molecule has 2 saturated carbocycles. The molecule has 2 fully saturated rings. The van der Waals surface area contributed by atoms with E-state index in [1.807, 2.05) is 0 Å². The van der Waals surface area contributed by atoms with Gasteiger partial charge < -0.3 is 10.6 Å². The standard InChI is InChI=1S/C17H23F2N3/c1-20-17(21-11-6-3-2-4-7-11)22-15-10-12(15)16-13(18)8-5-9-14(16)19/h5,8-9,11-12,15H,2-4,6-7,10H2,1H3,(H2,20,21,22). The number of rotatable bonds is 3. The van der Waals surface area contributed by atoms with Gasteiger partial charge in [0.25, 0.3) is 0 Å². The van der Waals surface area contributed by atoms with Crippen LogP contribution < -0.4 is 10.6 Å². The summed E-state index contributed by atoms with van der Waals surface area (Å²) in [5.74, 6) is -0.267. The van der Waals surface area contributed by atoms with Gasteiger partial charge in [0.2, 0.25) is 0 Å². The van der Waals surface area contributed by atoms with Crippen LogP contribution in [0.3, 0.4) is 0 Å². The fourth-order valence-electron chi connectivity index (χ4n) is 3.33. The highest BCUT2D eigenvalue weighted by molar-refractivity contribution is 5.80. The number of nitrogens with zero attached hydrogens (tertiary/aromatic N) is 1. The van der Waals surface area contributed by atoms with Crippen LogP contribution in [0, 0.1) is 11.6 Å². The Bertz CT molecular complexity index is 533. The summed E-state index contributed by atoms with van der Waals surface area (Å²) in [6.45, 7) is 0. The third kappa shape index (κ3) is 3.39. The molecule has 2 atom stereocenters. The molecule has 0 radical (unpaired) electrons. The average molecular weight is 307 g/mol. The minimum absolute atomic E-state index is 0.0567. The predicted octanol–water partition coefficient (Wildman–Crippen LogP) is 3.32. The minimum atomic E-state index is -0.454. The molecule has 3 nitrogen and oxygen atoms in total. The predicted molar refractivity (Wildman–Crippen MR) is 84.0 cm³/mol. The fourth-order valence-corrected chi connectivity index (χ4v) is 3.33. The first-order chi connectivity index (χ1) is 10.7. The molecule has 22 heavy (non-hydrogen) atoms. The van der Waals surface area contributed by atoms with Gasteiger partial charge in [-0.05, 0) is 31.4 Å². The zero-order valence-electron chi connectivity index (χ0n) is 12.9.